The van der Waals surface area contributed by atoms with Crippen LogP contribution in [0.3, 0.4) is 0 Å². The number of benzene rings is 1. The van der Waals surface area contributed by atoms with Gasteiger partial charge < -0.3 is 5.32 Å². The summed E-state index contributed by atoms with van der Waals surface area (Å²) < 4.78 is 0. The first-order chi connectivity index (χ1) is 7.27. The molecule has 2 nitrogen and oxygen atoms in total. The predicted molar refractivity (Wildman–Crippen MR) is 63.8 cm³/mol. The van der Waals surface area contributed by atoms with E-state index in [1.165, 1.54) is 5.56 Å². The Kier molecular flexibility index (Phi) is 3.39. The third-order valence-corrected chi connectivity index (χ3v) is 3.39. The largest absolute Gasteiger partial charge is 0.311 e. The van der Waals surface area contributed by atoms with Crippen LogP contribution in [0.15, 0.2) is 30.3 Å². The molecule has 2 rings (SSSR count). The second-order valence-electron chi connectivity index (χ2n) is 4.44. The number of hydrogen-bond acceptors (Lipinski definition) is 2. The van der Waals surface area contributed by atoms with Crippen LogP contribution in [0.1, 0.15) is 19.4 Å². The molecule has 1 saturated heterocycles. The first kappa shape index (κ1) is 10.7. The highest BCUT2D eigenvalue weighted by Gasteiger charge is 2.23. The molecule has 1 heterocycles. The zero-order valence-electron chi connectivity index (χ0n) is 9.61. The van der Waals surface area contributed by atoms with Crippen molar-refractivity contribution in [2.75, 3.05) is 13.1 Å². The third kappa shape index (κ3) is 2.58. The highest BCUT2D eigenvalue weighted by molar-refractivity contribution is 5.14. The molecule has 2 atom stereocenters. The minimum absolute atomic E-state index is 0.600. The first-order valence-electron chi connectivity index (χ1n) is 5.79. The minimum atomic E-state index is 0.600. The van der Waals surface area contributed by atoms with Crippen LogP contribution in [0.2, 0.25) is 0 Å². The Morgan fingerprint density at radius 3 is 2.73 bits per heavy atom. The van der Waals surface area contributed by atoms with E-state index in [9.17, 15) is 0 Å². The molecule has 0 spiro atoms. The van der Waals surface area contributed by atoms with Gasteiger partial charge >= 0.3 is 0 Å². The van der Waals surface area contributed by atoms with E-state index in [1.807, 2.05) is 0 Å². The van der Waals surface area contributed by atoms with Gasteiger partial charge in [-0.15, -0.1) is 0 Å². The van der Waals surface area contributed by atoms with E-state index in [1.54, 1.807) is 0 Å². The molecule has 2 heteroatoms. The van der Waals surface area contributed by atoms with Gasteiger partial charge in [0.1, 0.15) is 0 Å². The molecule has 1 aromatic carbocycles. The fraction of sp³-hybridized carbons (Fsp3) is 0.538. The monoisotopic (exact) mass is 204 g/mol. The molecule has 0 bridgehead atoms. The zero-order valence-corrected chi connectivity index (χ0v) is 9.61. The Morgan fingerprint density at radius 2 is 2.00 bits per heavy atom. The summed E-state index contributed by atoms with van der Waals surface area (Å²) in [7, 11) is 0. The highest BCUT2D eigenvalue weighted by atomic mass is 15.2. The van der Waals surface area contributed by atoms with Crippen LogP contribution >= 0.6 is 0 Å². The highest BCUT2D eigenvalue weighted by Crippen LogP contribution is 2.13. The van der Waals surface area contributed by atoms with Crippen LogP contribution in [0, 0.1) is 0 Å². The number of nitrogens with zero attached hydrogens (tertiary/aromatic N) is 1. The van der Waals surface area contributed by atoms with Crippen LogP contribution in [0.5, 0.6) is 0 Å². The Balaban J connectivity index is 1.99. The number of hydrogen-bond donors (Lipinski definition) is 1. The number of piperazine rings is 1. The van der Waals surface area contributed by atoms with Crippen molar-refractivity contribution in [1.29, 1.82) is 0 Å². The topological polar surface area (TPSA) is 15.3 Å². The summed E-state index contributed by atoms with van der Waals surface area (Å²) in [5, 5.41) is 3.51. The Morgan fingerprint density at radius 1 is 1.27 bits per heavy atom. The maximum atomic E-state index is 3.51. The standard InChI is InChI=1S/C13H20N2/c1-11-12(2)15(9-8-14-11)10-13-6-4-3-5-7-13/h3-7,11-12,14H,8-10H2,1-2H3/t11-,12+/m0/s1. The second kappa shape index (κ2) is 4.77. The van der Waals surface area contributed by atoms with E-state index in [2.05, 4.69) is 54.4 Å². The summed E-state index contributed by atoms with van der Waals surface area (Å²) in [4.78, 5) is 2.55. The summed E-state index contributed by atoms with van der Waals surface area (Å²) >= 11 is 0. The molecule has 1 fully saturated rings. The fourth-order valence-electron chi connectivity index (χ4n) is 2.17. The quantitative estimate of drug-likeness (QED) is 0.791. The molecule has 0 amide bonds. The van der Waals surface area contributed by atoms with E-state index in [-0.39, 0.29) is 0 Å². The van der Waals surface area contributed by atoms with Gasteiger partial charge in [0, 0.05) is 31.7 Å². The van der Waals surface area contributed by atoms with Gasteiger partial charge in [0.25, 0.3) is 0 Å². The van der Waals surface area contributed by atoms with Gasteiger partial charge in [-0.2, -0.15) is 0 Å². The van der Waals surface area contributed by atoms with Crippen molar-refractivity contribution in [2.45, 2.75) is 32.5 Å². The van der Waals surface area contributed by atoms with Crippen LogP contribution in [0.4, 0.5) is 0 Å². The number of rotatable bonds is 2. The smallest absolute Gasteiger partial charge is 0.0237 e. The van der Waals surface area contributed by atoms with Crippen molar-refractivity contribution in [2.24, 2.45) is 0 Å². The van der Waals surface area contributed by atoms with Crippen molar-refractivity contribution >= 4 is 0 Å². The summed E-state index contributed by atoms with van der Waals surface area (Å²) in [5.74, 6) is 0. The van der Waals surface area contributed by atoms with Crippen LogP contribution in [-0.2, 0) is 6.54 Å². The van der Waals surface area contributed by atoms with Crippen molar-refractivity contribution < 1.29 is 0 Å². The lowest BCUT2D eigenvalue weighted by molar-refractivity contribution is 0.131. The van der Waals surface area contributed by atoms with E-state index < -0.39 is 0 Å². The Bertz CT molecular complexity index is 297. The SMILES string of the molecule is C[C@@H]1NCCN(Cc2ccccc2)[C@@H]1C. The molecule has 0 unspecified atom stereocenters. The van der Waals surface area contributed by atoms with Gasteiger partial charge in [0.15, 0.2) is 0 Å². The molecule has 1 aliphatic heterocycles. The van der Waals surface area contributed by atoms with Gasteiger partial charge in [-0.05, 0) is 19.4 Å². The fourth-order valence-corrected chi connectivity index (χ4v) is 2.17. The van der Waals surface area contributed by atoms with E-state index in [0.717, 1.165) is 19.6 Å². The first-order valence-corrected chi connectivity index (χ1v) is 5.79. The average Bonchev–Trinajstić information content (AvgIpc) is 2.26. The number of nitrogens with one attached hydrogen (secondary N) is 1. The summed E-state index contributed by atoms with van der Waals surface area (Å²) in [6.07, 6.45) is 0. The predicted octanol–water partition coefficient (Wildman–Crippen LogP) is 1.87. The minimum Gasteiger partial charge on any atom is -0.311 e. The zero-order chi connectivity index (χ0) is 10.7. The van der Waals surface area contributed by atoms with Crippen LogP contribution in [0.25, 0.3) is 0 Å². The van der Waals surface area contributed by atoms with Crippen molar-refractivity contribution in [3.8, 4) is 0 Å². The second-order valence-corrected chi connectivity index (χ2v) is 4.44. The van der Waals surface area contributed by atoms with Gasteiger partial charge in [-0.3, -0.25) is 4.90 Å². The summed E-state index contributed by atoms with van der Waals surface area (Å²) in [6, 6.07) is 11.9. The maximum Gasteiger partial charge on any atom is 0.0237 e. The average molecular weight is 204 g/mol. The molecule has 0 aromatic heterocycles. The molecule has 82 valence electrons. The molecule has 1 aromatic rings. The lowest BCUT2D eigenvalue weighted by Crippen LogP contribution is -2.54. The van der Waals surface area contributed by atoms with E-state index in [4.69, 9.17) is 0 Å². The summed E-state index contributed by atoms with van der Waals surface area (Å²) in [5.41, 5.74) is 1.42. The van der Waals surface area contributed by atoms with Gasteiger partial charge in [-0.1, -0.05) is 30.3 Å². The molecular formula is C13H20N2. The normalized spacial score (nSPS) is 27.9. The molecule has 0 aliphatic carbocycles. The molecule has 1 aliphatic rings. The molecular weight excluding hydrogens is 184 g/mol. The van der Waals surface area contributed by atoms with E-state index in [0.29, 0.717) is 12.1 Å². The third-order valence-electron chi connectivity index (χ3n) is 3.39. The molecule has 0 saturated carbocycles. The van der Waals surface area contributed by atoms with Crippen LogP contribution < -0.4 is 5.32 Å². The van der Waals surface area contributed by atoms with Gasteiger partial charge in [0.2, 0.25) is 0 Å². The molecule has 1 N–H and O–H groups in total. The Labute approximate surface area is 92.3 Å². The lowest BCUT2D eigenvalue weighted by atomic mass is 10.1. The molecule has 15 heavy (non-hydrogen) atoms. The maximum absolute atomic E-state index is 3.51. The van der Waals surface area contributed by atoms with Crippen LogP contribution in [-0.4, -0.2) is 30.1 Å². The lowest BCUT2D eigenvalue weighted by Gasteiger charge is -2.38. The van der Waals surface area contributed by atoms with Gasteiger partial charge in [-0.25, -0.2) is 0 Å². The van der Waals surface area contributed by atoms with Crippen molar-refractivity contribution in [1.82, 2.24) is 10.2 Å². The van der Waals surface area contributed by atoms with Gasteiger partial charge in [0.05, 0.1) is 0 Å². The van der Waals surface area contributed by atoms with E-state index >= 15 is 0 Å². The Hall–Kier alpha value is -0.860. The summed E-state index contributed by atoms with van der Waals surface area (Å²) in [6.45, 7) is 7.91. The van der Waals surface area contributed by atoms with Crippen molar-refractivity contribution in [3.63, 3.8) is 0 Å². The molecule has 0 radical (unpaired) electrons. The van der Waals surface area contributed by atoms with Crippen molar-refractivity contribution in [3.05, 3.63) is 35.9 Å².